The first-order valence-electron chi connectivity index (χ1n) is 11.7. The number of aliphatic hydroxyl groups excluding tert-OH is 2. The fraction of sp³-hybridized carbons (Fsp3) is 0.333. The molecule has 9 heteroatoms. The summed E-state index contributed by atoms with van der Waals surface area (Å²) in [5.74, 6) is -1.92. The first-order valence-corrected chi connectivity index (χ1v) is 11.7. The molecule has 1 unspecified atom stereocenters. The largest absolute Gasteiger partial charge is 1.00 e. The van der Waals surface area contributed by atoms with Gasteiger partial charge >= 0.3 is 29.6 Å². The van der Waals surface area contributed by atoms with Crippen molar-refractivity contribution in [3.63, 3.8) is 0 Å². The summed E-state index contributed by atoms with van der Waals surface area (Å²) < 4.78 is 28.6. The van der Waals surface area contributed by atoms with Gasteiger partial charge < -0.3 is 20.1 Å². The van der Waals surface area contributed by atoms with Crippen LogP contribution in [-0.4, -0.2) is 38.2 Å². The second kappa shape index (κ2) is 12.7. The van der Waals surface area contributed by atoms with Crippen LogP contribution in [0, 0.1) is 11.6 Å². The van der Waals surface area contributed by atoms with E-state index in [1.54, 1.807) is 35.0 Å². The molecular formula is C27H27F2N2NaO4. The first-order chi connectivity index (χ1) is 16.8. The molecule has 4 rings (SSSR count). The fourth-order valence-corrected chi connectivity index (χ4v) is 4.62. The van der Waals surface area contributed by atoms with E-state index in [1.807, 2.05) is 0 Å². The van der Waals surface area contributed by atoms with Gasteiger partial charge in [-0.05, 0) is 73.7 Å². The molecule has 0 amide bonds. The maximum atomic E-state index is 13.6. The standard InChI is InChI=1S/C27H28F2N2O4.Na/c28-19-6-4-17(5-7-19)14-18-2-1-3-24-25(13-12-22(32)15-23(33)16-26(34)35)31(30-27(18)24)21-10-8-20(29)9-11-21;/h4-13,18,22-23,32-33H,1-3,14-16H2,(H,34,35);/q;+1/p-1/b13-12+;/t18?,22-,23-;/m1./s1. The number of carbonyl (C=O) groups is 1. The van der Waals surface area contributed by atoms with Crippen molar-refractivity contribution < 1.29 is 58.5 Å². The maximum Gasteiger partial charge on any atom is 1.00 e. The minimum absolute atomic E-state index is 0. The number of rotatable bonds is 9. The van der Waals surface area contributed by atoms with Crippen LogP contribution in [0.4, 0.5) is 8.78 Å². The van der Waals surface area contributed by atoms with E-state index in [2.05, 4.69) is 0 Å². The third kappa shape index (κ3) is 7.11. The average Bonchev–Trinajstić information content (AvgIpc) is 3.18. The summed E-state index contributed by atoms with van der Waals surface area (Å²) in [5.41, 5.74) is 4.34. The first kappa shape index (κ1) is 28.2. The van der Waals surface area contributed by atoms with Gasteiger partial charge in [0.15, 0.2) is 0 Å². The van der Waals surface area contributed by atoms with Crippen molar-refractivity contribution in [1.82, 2.24) is 9.78 Å². The molecule has 6 nitrogen and oxygen atoms in total. The molecule has 0 spiro atoms. The van der Waals surface area contributed by atoms with E-state index < -0.39 is 24.6 Å². The zero-order valence-corrected chi connectivity index (χ0v) is 22.1. The van der Waals surface area contributed by atoms with Crippen molar-refractivity contribution in [2.24, 2.45) is 0 Å². The van der Waals surface area contributed by atoms with Crippen LogP contribution in [0.25, 0.3) is 11.8 Å². The smallest absolute Gasteiger partial charge is 0.550 e. The molecule has 0 fully saturated rings. The minimum Gasteiger partial charge on any atom is -0.550 e. The molecule has 0 saturated heterocycles. The molecular weight excluding hydrogens is 477 g/mol. The third-order valence-corrected chi connectivity index (χ3v) is 6.28. The van der Waals surface area contributed by atoms with E-state index in [0.717, 1.165) is 41.8 Å². The van der Waals surface area contributed by atoms with Gasteiger partial charge in [-0.15, -0.1) is 0 Å². The van der Waals surface area contributed by atoms with E-state index in [1.165, 1.54) is 30.3 Å². The predicted molar refractivity (Wildman–Crippen MR) is 125 cm³/mol. The SMILES string of the molecule is O=C([O-])C[C@H](O)C[C@H](O)/C=C/c1c2c(nn1-c1ccc(F)cc1)C(Cc1ccc(F)cc1)CCC2.[Na+]. The molecule has 2 N–H and O–H groups in total. The quantitative estimate of drug-likeness (QED) is 0.403. The Labute approximate surface area is 230 Å². The Morgan fingerprint density at radius 2 is 1.75 bits per heavy atom. The van der Waals surface area contributed by atoms with Crippen molar-refractivity contribution in [2.45, 2.75) is 56.7 Å². The van der Waals surface area contributed by atoms with Crippen LogP contribution in [0.1, 0.15) is 54.1 Å². The van der Waals surface area contributed by atoms with E-state index in [0.29, 0.717) is 12.1 Å². The Bertz CT molecular complexity index is 1200. The molecule has 0 aliphatic heterocycles. The van der Waals surface area contributed by atoms with Crippen LogP contribution in [-0.2, 0) is 17.6 Å². The Kier molecular flexibility index (Phi) is 9.99. The van der Waals surface area contributed by atoms with Gasteiger partial charge in [0.25, 0.3) is 0 Å². The molecule has 36 heavy (non-hydrogen) atoms. The molecule has 2 aromatic carbocycles. The zero-order valence-electron chi connectivity index (χ0n) is 20.1. The number of benzene rings is 2. The number of carboxylic acid groups (broad SMARTS) is 1. The number of hydrogen-bond acceptors (Lipinski definition) is 5. The molecule has 0 radical (unpaired) electrons. The van der Waals surface area contributed by atoms with E-state index in [-0.39, 0.29) is 53.5 Å². The van der Waals surface area contributed by atoms with Crippen molar-refractivity contribution in [1.29, 1.82) is 0 Å². The van der Waals surface area contributed by atoms with Crippen molar-refractivity contribution >= 4 is 12.0 Å². The van der Waals surface area contributed by atoms with Gasteiger partial charge in [-0.25, -0.2) is 13.5 Å². The van der Waals surface area contributed by atoms with Crippen LogP contribution in [0.15, 0.2) is 54.6 Å². The molecule has 3 atom stereocenters. The van der Waals surface area contributed by atoms with Gasteiger partial charge in [-0.3, -0.25) is 0 Å². The number of aliphatic carboxylic acids is 1. The van der Waals surface area contributed by atoms with Gasteiger partial charge in [-0.1, -0.05) is 18.2 Å². The molecule has 0 bridgehead atoms. The molecule has 1 aliphatic rings. The van der Waals surface area contributed by atoms with Gasteiger partial charge in [0.05, 0.1) is 29.3 Å². The van der Waals surface area contributed by atoms with Crippen LogP contribution >= 0.6 is 0 Å². The summed E-state index contributed by atoms with van der Waals surface area (Å²) in [6.45, 7) is 0. The Balaban J connectivity index is 0.00000361. The summed E-state index contributed by atoms with van der Waals surface area (Å²) in [7, 11) is 0. The van der Waals surface area contributed by atoms with Crippen LogP contribution in [0.2, 0.25) is 0 Å². The summed E-state index contributed by atoms with van der Waals surface area (Å²) in [6.07, 6.45) is 3.54. The second-order valence-electron chi connectivity index (χ2n) is 8.95. The number of carboxylic acids is 1. The maximum absolute atomic E-state index is 13.6. The van der Waals surface area contributed by atoms with Crippen molar-refractivity contribution in [2.75, 3.05) is 0 Å². The Hall–Kier alpha value is -2.36. The topological polar surface area (TPSA) is 98.4 Å². The molecule has 3 aromatic rings. The number of aliphatic hydroxyl groups is 2. The third-order valence-electron chi connectivity index (χ3n) is 6.28. The average molecular weight is 505 g/mol. The monoisotopic (exact) mass is 504 g/mol. The van der Waals surface area contributed by atoms with E-state index in [9.17, 15) is 28.9 Å². The predicted octanol–water partition coefficient (Wildman–Crippen LogP) is 0.0822. The van der Waals surface area contributed by atoms with E-state index in [4.69, 9.17) is 5.10 Å². The number of aromatic nitrogens is 2. The molecule has 1 heterocycles. The fourth-order valence-electron chi connectivity index (χ4n) is 4.62. The Morgan fingerprint density at radius 3 is 2.39 bits per heavy atom. The second-order valence-corrected chi connectivity index (χ2v) is 8.95. The summed E-state index contributed by atoms with van der Waals surface area (Å²) in [5, 5.41) is 35.7. The summed E-state index contributed by atoms with van der Waals surface area (Å²) in [6, 6.07) is 12.4. The summed E-state index contributed by atoms with van der Waals surface area (Å²) >= 11 is 0. The van der Waals surface area contributed by atoms with Crippen LogP contribution in [0.5, 0.6) is 0 Å². The Morgan fingerprint density at radius 1 is 1.11 bits per heavy atom. The number of halogens is 2. The van der Waals surface area contributed by atoms with Crippen molar-refractivity contribution in [3.05, 3.63) is 88.8 Å². The van der Waals surface area contributed by atoms with Gasteiger partial charge in [0, 0.05) is 30.3 Å². The van der Waals surface area contributed by atoms with Gasteiger partial charge in [-0.2, -0.15) is 5.10 Å². The molecule has 0 saturated carbocycles. The normalized spacial score (nSPS) is 16.8. The molecule has 1 aromatic heterocycles. The zero-order chi connectivity index (χ0) is 24.9. The number of fused-ring (bicyclic) bond motifs is 1. The van der Waals surface area contributed by atoms with E-state index >= 15 is 0 Å². The van der Waals surface area contributed by atoms with Crippen molar-refractivity contribution in [3.8, 4) is 5.69 Å². The van der Waals surface area contributed by atoms with Crippen LogP contribution < -0.4 is 34.7 Å². The number of carbonyl (C=O) groups excluding carboxylic acids is 1. The number of hydrogen-bond donors (Lipinski definition) is 2. The summed E-state index contributed by atoms with van der Waals surface area (Å²) in [4.78, 5) is 10.7. The minimum atomic E-state index is -1.38. The molecule has 1 aliphatic carbocycles. The molecule has 184 valence electrons. The van der Waals surface area contributed by atoms with Gasteiger partial charge in [0.2, 0.25) is 0 Å². The van der Waals surface area contributed by atoms with Crippen LogP contribution in [0.3, 0.4) is 0 Å². The number of nitrogens with zero attached hydrogens (tertiary/aromatic N) is 2. The van der Waals surface area contributed by atoms with Gasteiger partial charge in [0.1, 0.15) is 11.6 Å².